The highest BCUT2D eigenvalue weighted by Crippen LogP contribution is 2.15. The molecule has 2 nitrogen and oxygen atoms in total. The Morgan fingerprint density at radius 2 is 2.00 bits per heavy atom. The van der Waals surface area contributed by atoms with Crippen molar-refractivity contribution in [3.63, 3.8) is 0 Å². The van der Waals surface area contributed by atoms with Crippen LogP contribution in [0.1, 0.15) is 17.3 Å². The highest BCUT2D eigenvalue weighted by atomic mass is 79.9. The fraction of sp³-hybridized carbons (Fsp3) is 0.417. The first-order chi connectivity index (χ1) is 7.36. The van der Waals surface area contributed by atoms with Crippen LogP contribution < -0.4 is 5.19 Å². The summed E-state index contributed by atoms with van der Waals surface area (Å²) < 4.78 is 6.08. The zero-order valence-corrected chi connectivity index (χ0v) is 12.7. The van der Waals surface area contributed by atoms with Crippen LogP contribution in [0.15, 0.2) is 22.7 Å². The van der Waals surface area contributed by atoms with Gasteiger partial charge in [-0.25, -0.2) is 4.79 Å². The highest BCUT2D eigenvalue weighted by Gasteiger charge is 2.24. The first kappa shape index (κ1) is 13.5. The van der Waals surface area contributed by atoms with Crippen molar-refractivity contribution in [1.29, 1.82) is 0 Å². The van der Waals surface area contributed by atoms with E-state index in [0.29, 0.717) is 12.2 Å². The number of esters is 1. The molecular weight excluding hydrogens is 284 g/mol. The third-order valence-electron chi connectivity index (χ3n) is 2.28. The zero-order chi connectivity index (χ0) is 12.3. The molecule has 16 heavy (non-hydrogen) atoms. The van der Waals surface area contributed by atoms with Crippen molar-refractivity contribution in [2.75, 3.05) is 6.61 Å². The van der Waals surface area contributed by atoms with Gasteiger partial charge in [0.25, 0.3) is 0 Å². The molecule has 1 aromatic rings. The molecule has 0 saturated heterocycles. The lowest BCUT2D eigenvalue weighted by molar-refractivity contribution is 0.0528. The summed E-state index contributed by atoms with van der Waals surface area (Å²) in [5, 5.41) is 1.14. The third kappa shape index (κ3) is 3.19. The molecule has 4 heteroatoms. The van der Waals surface area contributed by atoms with Crippen LogP contribution in [0.2, 0.25) is 19.6 Å². The minimum atomic E-state index is -1.53. The summed E-state index contributed by atoms with van der Waals surface area (Å²) in [6.07, 6.45) is 0. The van der Waals surface area contributed by atoms with E-state index in [4.69, 9.17) is 4.74 Å². The van der Waals surface area contributed by atoms with Gasteiger partial charge in [0.05, 0.1) is 20.2 Å². The predicted molar refractivity (Wildman–Crippen MR) is 73.1 cm³/mol. The van der Waals surface area contributed by atoms with Gasteiger partial charge in [-0.05, 0) is 30.3 Å². The molecule has 0 aliphatic rings. The van der Waals surface area contributed by atoms with E-state index in [9.17, 15) is 4.79 Å². The highest BCUT2D eigenvalue weighted by molar-refractivity contribution is 9.10. The lowest BCUT2D eigenvalue weighted by Crippen LogP contribution is -2.41. The minimum Gasteiger partial charge on any atom is -0.462 e. The average Bonchev–Trinajstić information content (AvgIpc) is 2.16. The predicted octanol–water partition coefficient (Wildman–Crippen LogP) is 3.17. The van der Waals surface area contributed by atoms with Gasteiger partial charge in [0.1, 0.15) is 0 Å². The van der Waals surface area contributed by atoms with Gasteiger partial charge in [0.15, 0.2) is 0 Å². The number of ether oxygens (including phenoxy) is 1. The van der Waals surface area contributed by atoms with Gasteiger partial charge in [-0.2, -0.15) is 0 Å². The van der Waals surface area contributed by atoms with Gasteiger partial charge >= 0.3 is 5.97 Å². The molecule has 0 amide bonds. The number of halogens is 1. The fourth-order valence-corrected chi connectivity index (χ4v) is 3.68. The Morgan fingerprint density at radius 3 is 2.50 bits per heavy atom. The fourth-order valence-electron chi connectivity index (χ4n) is 1.52. The summed E-state index contributed by atoms with van der Waals surface area (Å²) in [6, 6.07) is 5.77. The smallest absolute Gasteiger partial charge is 0.337 e. The SMILES string of the molecule is CCOC(=O)c1ccc(Br)cc1[Si](C)(C)C. The summed E-state index contributed by atoms with van der Waals surface area (Å²) in [4.78, 5) is 11.8. The first-order valence-corrected chi connectivity index (χ1v) is 9.62. The van der Waals surface area contributed by atoms with E-state index in [2.05, 4.69) is 35.6 Å². The van der Waals surface area contributed by atoms with Gasteiger partial charge in [-0.3, -0.25) is 0 Å². The van der Waals surface area contributed by atoms with Crippen LogP contribution in [0, 0.1) is 0 Å². The van der Waals surface area contributed by atoms with Crippen LogP contribution in [-0.2, 0) is 4.74 Å². The Hall–Kier alpha value is -0.613. The molecular formula is C12H17BrO2Si. The van der Waals surface area contributed by atoms with E-state index in [-0.39, 0.29) is 5.97 Å². The summed E-state index contributed by atoms with van der Waals surface area (Å²) >= 11 is 3.45. The molecule has 0 unspecified atom stereocenters. The molecule has 0 radical (unpaired) electrons. The van der Waals surface area contributed by atoms with Crippen LogP contribution in [0.5, 0.6) is 0 Å². The number of carbonyl (C=O) groups excluding carboxylic acids is 1. The summed E-state index contributed by atoms with van der Waals surface area (Å²) in [6.45, 7) is 8.90. The molecule has 0 saturated carbocycles. The number of rotatable bonds is 3. The summed E-state index contributed by atoms with van der Waals surface area (Å²) in [5.41, 5.74) is 0.712. The molecule has 1 aromatic carbocycles. The second-order valence-electron chi connectivity index (χ2n) is 4.66. The van der Waals surface area contributed by atoms with E-state index in [1.54, 1.807) is 0 Å². The molecule has 1 rings (SSSR count). The molecule has 88 valence electrons. The van der Waals surface area contributed by atoms with Crippen LogP contribution in [0.4, 0.5) is 0 Å². The average molecular weight is 301 g/mol. The van der Waals surface area contributed by atoms with Gasteiger partial charge in [-0.1, -0.05) is 35.6 Å². The Morgan fingerprint density at radius 1 is 1.38 bits per heavy atom. The molecule has 0 aromatic heterocycles. The molecule has 0 fully saturated rings. The Labute approximate surface area is 106 Å². The molecule has 0 N–H and O–H groups in total. The van der Waals surface area contributed by atoms with Gasteiger partial charge in [0, 0.05) is 4.47 Å². The third-order valence-corrected chi connectivity index (χ3v) is 4.81. The largest absolute Gasteiger partial charge is 0.462 e. The lowest BCUT2D eigenvalue weighted by atomic mass is 10.2. The lowest BCUT2D eigenvalue weighted by Gasteiger charge is -2.20. The maximum Gasteiger partial charge on any atom is 0.337 e. The second kappa shape index (κ2) is 5.14. The van der Waals surface area contributed by atoms with Crippen LogP contribution in [0.25, 0.3) is 0 Å². The zero-order valence-electron chi connectivity index (χ0n) is 10.1. The van der Waals surface area contributed by atoms with Crippen molar-refractivity contribution in [1.82, 2.24) is 0 Å². The monoisotopic (exact) mass is 300 g/mol. The Kier molecular flexibility index (Phi) is 4.33. The van der Waals surface area contributed by atoms with E-state index >= 15 is 0 Å². The Balaban J connectivity index is 3.23. The van der Waals surface area contributed by atoms with Crippen molar-refractivity contribution in [2.24, 2.45) is 0 Å². The summed E-state index contributed by atoms with van der Waals surface area (Å²) in [7, 11) is -1.53. The standard InChI is InChI=1S/C12H17BrO2Si/c1-5-15-12(14)10-7-6-9(13)8-11(10)16(2,3)4/h6-8H,5H2,1-4H3. The van der Waals surface area contributed by atoms with Crippen LogP contribution in [0.3, 0.4) is 0 Å². The molecule has 0 atom stereocenters. The van der Waals surface area contributed by atoms with E-state index in [1.165, 1.54) is 0 Å². The molecule has 0 bridgehead atoms. The van der Waals surface area contributed by atoms with Crippen molar-refractivity contribution < 1.29 is 9.53 Å². The quantitative estimate of drug-likeness (QED) is 0.633. The number of hydrogen-bond donors (Lipinski definition) is 0. The van der Waals surface area contributed by atoms with Crippen LogP contribution in [-0.4, -0.2) is 20.7 Å². The van der Waals surface area contributed by atoms with E-state index < -0.39 is 8.07 Å². The molecule has 0 aliphatic heterocycles. The number of hydrogen-bond acceptors (Lipinski definition) is 2. The number of benzene rings is 1. The van der Waals surface area contributed by atoms with Crippen molar-refractivity contribution in [3.05, 3.63) is 28.2 Å². The number of carbonyl (C=O) groups is 1. The van der Waals surface area contributed by atoms with Gasteiger partial charge < -0.3 is 4.74 Å². The second-order valence-corrected chi connectivity index (χ2v) is 10.6. The topological polar surface area (TPSA) is 26.3 Å². The molecule has 0 aliphatic carbocycles. The maximum atomic E-state index is 11.8. The van der Waals surface area contributed by atoms with Gasteiger partial charge in [0.2, 0.25) is 0 Å². The minimum absolute atomic E-state index is 0.215. The molecule has 0 heterocycles. The summed E-state index contributed by atoms with van der Waals surface area (Å²) in [5.74, 6) is -0.215. The molecule has 0 spiro atoms. The first-order valence-electron chi connectivity index (χ1n) is 5.33. The van der Waals surface area contributed by atoms with Crippen molar-refractivity contribution in [2.45, 2.75) is 26.6 Å². The van der Waals surface area contributed by atoms with E-state index in [1.807, 2.05) is 25.1 Å². The normalized spacial score (nSPS) is 11.3. The maximum absolute atomic E-state index is 11.8. The Bertz CT molecular complexity index is 396. The van der Waals surface area contributed by atoms with Crippen molar-refractivity contribution in [3.8, 4) is 0 Å². The van der Waals surface area contributed by atoms with Gasteiger partial charge in [-0.15, -0.1) is 0 Å². The van der Waals surface area contributed by atoms with Crippen molar-refractivity contribution >= 4 is 35.2 Å². The van der Waals surface area contributed by atoms with Crippen LogP contribution >= 0.6 is 15.9 Å². The van der Waals surface area contributed by atoms with E-state index in [0.717, 1.165) is 9.66 Å².